The van der Waals surface area contributed by atoms with E-state index < -0.39 is 0 Å². The van der Waals surface area contributed by atoms with Gasteiger partial charge in [0.1, 0.15) is 0 Å². The Hall–Kier alpha value is -1.52. The van der Waals surface area contributed by atoms with Gasteiger partial charge in [-0.15, -0.1) is 0 Å². The molecule has 1 aromatic rings. The summed E-state index contributed by atoms with van der Waals surface area (Å²) >= 11 is 0. The quantitative estimate of drug-likeness (QED) is 0.855. The molecule has 0 bridgehead atoms. The molecule has 0 aliphatic heterocycles. The summed E-state index contributed by atoms with van der Waals surface area (Å²) in [5.74, 6) is 1.10. The van der Waals surface area contributed by atoms with Gasteiger partial charge in [-0.25, -0.2) is 0 Å². The number of hydrogen-bond donors (Lipinski definition) is 2. The normalized spacial score (nSPS) is 27.4. The fraction of sp³-hybridized carbons (Fsp3) is 0.692. The summed E-state index contributed by atoms with van der Waals surface area (Å²) in [5.41, 5.74) is 6.54. The number of aryl methyl sites for hydroxylation is 1. The van der Waals surface area contributed by atoms with Gasteiger partial charge in [-0.3, -0.25) is 9.48 Å². The molecule has 3 unspecified atom stereocenters. The molecule has 2 rings (SSSR count). The van der Waals surface area contributed by atoms with Gasteiger partial charge < -0.3 is 11.1 Å². The Morgan fingerprint density at radius 3 is 2.83 bits per heavy atom. The molecule has 0 radical (unpaired) electrons. The zero-order valence-corrected chi connectivity index (χ0v) is 11.3. The molecule has 1 fully saturated rings. The van der Waals surface area contributed by atoms with E-state index in [2.05, 4.69) is 24.3 Å². The van der Waals surface area contributed by atoms with Crippen LogP contribution >= 0.6 is 0 Å². The predicted octanol–water partition coefficient (Wildman–Crippen LogP) is 1.56. The van der Waals surface area contributed by atoms with Gasteiger partial charge in [-0.05, 0) is 24.7 Å². The molecule has 0 aromatic carbocycles. The van der Waals surface area contributed by atoms with Gasteiger partial charge in [0.15, 0.2) is 5.69 Å². The van der Waals surface area contributed by atoms with E-state index in [9.17, 15) is 4.79 Å². The van der Waals surface area contributed by atoms with Crippen molar-refractivity contribution in [3.8, 4) is 0 Å². The van der Waals surface area contributed by atoms with Gasteiger partial charge in [0, 0.05) is 19.3 Å². The van der Waals surface area contributed by atoms with Crippen LogP contribution in [0.1, 0.15) is 43.6 Å². The fourth-order valence-corrected chi connectivity index (χ4v) is 2.95. The summed E-state index contributed by atoms with van der Waals surface area (Å²) in [6.07, 6.45) is 5.08. The molecule has 1 aliphatic rings. The first-order valence-corrected chi connectivity index (χ1v) is 6.63. The lowest BCUT2D eigenvalue weighted by atomic mass is 9.93. The molecule has 5 heteroatoms. The van der Waals surface area contributed by atoms with Crippen molar-refractivity contribution in [3.63, 3.8) is 0 Å². The summed E-state index contributed by atoms with van der Waals surface area (Å²) < 4.78 is 1.57. The number of anilines is 1. The largest absolute Gasteiger partial charge is 0.396 e. The lowest BCUT2D eigenvalue weighted by Gasteiger charge is -2.20. The number of nitrogens with zero attached hydrogens (tertiary/aromatic N) is 2. The number of carbonyl (C=O) groups is 1. The molecule has 1 saturated carbocycles. The summed E-state index contributed by atoms with van der Waals surface area (Å²) in [6.45, 7) is 4.43. The second-order valence-electron chi connectivity index (χ2n) is 5.29. The Kier molecular flexibility index (Phi) is 3.59. The molecule has 1 heterocycles. The number of aromatic nitrogens is 2. The van der Waals surface area contributed by atoms with Gasteiger partial charge in [-0.1, -0.05) is 20.3 Å². The number of nitrogens with one attached hydrogen (secondary N) is 1. The molecule has 1 amide bonds. The van der Waals surface area contributed by atoms with E-state index in [1.165, 1.54) is 12.8 Å². The zero-order chi connectivity index (χ0) is 13.3. The van der Waals surface area contributed by atoms with Crippen molar-refractivity contribution in [1.82, 2.24) is 15.1 Å². The number of nitrogen functional groups attached to an aromatic ring is 1. The highest BCUT2D eigenvalue weighted by molar-refractivity contribution is 5.97. The first kappa shape index (κ1) is 12.9. The molecule has 1 aliphatic carbocycles. The Morgan fingerprint density at radius 2 is 2.33 bits per heavy atom. The van der Waals surface area contributed by atoms with Gasteiger partial charge in [0.2, 0.25) is 0 Å². The standard InChI is InChI=1S/C13H22N4O/c1-4-9-5-6-11(8(9)2)15-13(18)12-10(14)7-17(3)16-12/h7-9,11H,4-6,14H2,1-3H3,(H,15,18). The van der Waals surface area contributed by atoms with Crippen molar-refractivity contribution in [2.75, 3.05) is 5.73 Å². The second kappa shape index (κ2) is 5.00. The molecule has 3 N–H and O–H groups in total. The van der Waals surface area contributed by atoms with E-state index in [0.717, 1.165) is 12.3 Å². The van der Waals surface area contributed by atoms with Crippen LogP contribution in [-0.4, -0.2) is 21.7 Å². The minimum absolute atomic E-state index is 0.151. The average molecular weight is 250 g/mol. The fourth-order valence-electron chi connectivity index (χ4n) is 2.95. The molecule has 5 nitrogen and oxygen atoms in total. The van der Waals surface area contributed by atoms with Crippen molar-refractivity contribution in [2.45, 2.75) is 39.2 Å². The third-order valence-corrected chi connectivity index (χ3v) is 4.14. The molecule has 3 atom stereocenters. The molecular weight excluding hydrogens is 228 g/mol. The topological polar surface area (TPSA) is 72.9 Å². The van der Waals surface area contributed by atoms with Crippen LogP contribution in [-0.2, 0) is 7.05 Å². The molecular formula is C13H22N4O. The number of rotatable bonds is 3. The van der Waals surface area contributed by atoms with E-state index >= 15 is 0 Å². The Bertz CT molecular complexity index is 440. The summed E-state index contributed by atoms with van der Waals surface area (Å²) in [4.78, 5) is 12.1. The Morgan fingerprint density at radius 1 is 1.61 bits per heavy atom. The Labute approximate surface area is 108 Å². The van der Waals surface area contributed by atoms with E-state index in [1.807, 2.05) is 0 Å². The molecule has 0 saturated heterocycles. The second-order valence-corrected chi connectivity index (χ2v) is 5.29. The van der Waals surface area contributed by atoms with Crippen LogP contribution in [0.15, 0.2) is 6.20 Å². The highest BCUT2D eigenvalue weighted by atomic mass is 16.2. The van der Waals surface area contributed by atoms with Crippen molar-refractivity contribution >= 4 is 11.6 Å². The summed E-state index contributed by atoms with van der Waals surface area (Å²) in [6, 6.07) is 0.254. The van der Waals surface area contributed by atoms with Crippen molar-refractivity contribution in [1.29, 1.82) is 0 Å². The predicted molar refractivity (Wildman–Crippen MR) is 71.1 cm³/mol. The number of hydrogen-bond acceptors (Lipinski definition) is 3. The molecule has 1 aromatic heterocycles. The molecule has 0 spiro atoms. The van der Waals surface area contributed by atoms with Crippen LogP contribution in [0.4, 0.5) is 5.69 Å². The maximum Gasteiger partial charge on any atom is 0.274 e. The monoisotopic (exact) mass is 250 g/mol. The first-order valence-electron chi connectivity index (χ1n) is 6.63. The number of carbonyl (C=O) groups excluding carboxylic acids is 1. The smallest absolute Gasteiger partial charge is 0.274 e. The van der Waals surface area contributed by atoms with E-state index in [0.29, 0.717) is 17.3 Å². The third kappa shape index (κ3) is 2.35. The van der Waals surface area contributed by atoms with Crippen LogP contribution in [0.3, 0.4) is 0 Å². The summed E-state index contributed by atoms with van der Waals surface area (Å²) in [5, 5.41) is 7.16. The highest BCUT2D eigenvalue weighted by Crippen LogP contribution is 2.34. The van der Waals surface area contributed by atoms with Crippen LogP contribution in [0.2, 0.25) is 0 Å². The molecule has 18 heavy (non-hydrogen) atoms. The van der Waals surface area contributed by atoms with E-state index in [1.54, 1.807) is 17.9 Å². The van der Waals surface area contributed by atoms with E-state index in [-0.39, 0.29) is 11.9 Å². The number of nitrogens with two attached hydrogens (primary N) is 1. The van der Waals surface area contributed by atoms with Gasteiger partial charge in [0.05, 0.1) is 5.69 Å². The average Bonchev–Trinajstić information content (AvgIpc) is 2.83. The van der Waals surface area contributed by atoms with Crippen molar-refractivity contribution in [3.05, 3.63) is 11.9 Å². The van der Waals surface area contributed by atoms with Gasteiger partial charge in [0.25, 0.3) is 5.91 Å². The maximum absolute atomic E-state index is 12.1. The summed E-state index contributed by atoms with van der Waals surface area (Å²) in [7, 11) is 1.76. The van der Waals surface area contributed by atoms with Crippen LogP contribution in [0.25, 0.3) is 0 Å². The zero-order valence-electron chi connectivity index (χ0n) is 11.3. The number of amides is 1. The SMILES string of the molecule is CCC1CCC(NC(=O)c2nn(C)cc2N)C1C. The van der Waals surface area contributed by atoms with Gasteiger partial charge in [-0.2, -0.15) is 5.10 Å². The lowest BCUT2D eigenvalue weighted by molar-refractivity contribution is 0.0921. The minimum Gasteiger partial charge on any atom is -0.396 e. The van der Waals surface area contributed by atoms with Crippen LogP contribution in [0.5, 0.6) is 0 Å². The Balaban J connectivity index is 2.02. The van der Waals surface area contributed by atoms with Gasteiger partial charge >= 0.3 is 0 Å². The van der Waals surface area contributed by atoms with E-state index in [4.69, 9.17) is 5.73 Å². The highest BCUT2D eigenvalue weighted by Gasteiger charge is 2.33. The lowest BCUT2D eigenvalue weighted by Crippen LogP contribution is -2.38. The first-order chi connectivity index (χ1) is 8.52. The van der Waals surface area contributed by atoms with Crippen LogP contribution in [0, 0.1) is 11.8 Å². The maximum atomic E-state index is 12.1. The van der Waals surface area contributed by atoms with Crippen molar-refractivity contribution < 1.29 is 4.79 Å². The van der Waals surface area contributed by atoms with Crippen molar-refractivity contribution in [2.24, 2.45) is 18.9 Å². The minimum atomic E-state index is -0.151. The third-order valence-electron chi connectivity index (χ3n) is 4.14. The molecule has 100 valence electrons. The van der Waals surface area contributed by atoms with Crippen LogP contribution < -0.4 is 11.1 Å².